The molecule has 0 aliphatic heterocycles. The minimum absolute atomic E-state index is 0.167. The van der Waals surface area contributed by atoms with E-state index in [1.807, 2.05) is 24.3 Å². The van der Waals surface area contributed by atoms with Crippen LogP contribution in [-0.4, -0.2) is 11.9 Å². The second-order valence-corrected chi connectivity index (χ2v) is 6.00. The number of nitrogens with two attached hydrogens (primary N) is 1. The largest absolute Gasteiger partial charge is 0.399 e. The van der Waals surface area contributed by atoms with Gasteiger partial charge in [-0.25, -0.2) is 0 Å². The van der Waals surface area contributed by atoms with Crippen LogP contribution in [-0.2, 0) is 11.2 Å². The van der Waals surface area contributed by atoms with Crippen LogP contribution in [0.3, 0.4) is 0 Å². The molecule has 110 valence electrons. The summed E-state index contributed by atoms with van der Waals surface area (Å²) in [6.45, 7) is 2.15. The van der Waals surface area contributed by atoms with Gasteiger partial charge in [-0.15, -0.1) is 0 Å². The Morgan fingerprint density at radius 3 is 2.55 bits per heavy atom. The molecule has 3 nitrogen and oxygen atoms in total. The summed E-state index contributed by atoms with van der Waals surface area (Å²) in [5, 5.41) is 3.17. The van der Waals surface area contributed by atoms with Crippen LogP contribution in [0.4, 0.5) is 5.69 Å². The molecule has 0 aromatic heterocycles. The molecule has 0 saturated heterocycles. The second-order valence-electron chi connectivity index (χ2n) is 6.00. The second kappa shape index (κ2) is 7.32. The molecule has 0 heterocycles. The van der Waals surface area contributed by atoms with Gasteiger partial charge in [-0.3, -0.25) is 4.79 Å². The standard InChI is InChI=1S/C17H26N2O/c1-13(15-5-3-2-4-6-15)19-17(20)12-9-14-7-10-16(18)11-8-14/h7-8,10-11,13,15H,2-6,9,12,18H2,1H3,(H,19,20)/t13-/m1/s1. The lowest BCUT2D eigenvalue weighted by Crippen LogP contribution is -2.38. The minimum atomic E-state index is 0.167. The van der Waals surface area contributed by atoms with Gasteiger partial charge in [-0.2, -0.15) is 0 Å². The average Bonchev–Trinajstić information content (AvgIpc) is 2.47. The molecule has 1 aliphatic carbocycles. The summed E-state index contributed by atoms with van der Waals surface area (Å²) in [7, 11) is 0. The monoisotopic (exact) mass is 274 g/mol. The molecular weight excluding hydrogens is 248 g/mol. The van der Waals surface area contributed by atoms with Gasteiger partial charge in [0.05, 0.1) is 0 Å². The van der Waals surface area contributed by atoms with E-state index in [2.05, 4.69) is 12.2 Å². The molecule has 1 amide bonds. The van der Waals surface area contributed by atoms with E-state index in [4.69, 9.17) is 5.73 Å². The number of rotatable bonds is 5. The fourth-order valence-electron chi connectivity index (χ4n) is 3.02. The smallest absolute Gasteiger partial charge is 0.220 e. The number of aryl methyl sites for hydroxylation is 1. The molecule has 0 spiro atoms. The maximum Gasteiger partial charge on any atom is 0.220 e. The third-order valence-electron chi connectivity index (χ3n) is 4.37. The quantitative estimate of drug-likeness (QED) is 0.810. The van der Waals surface area contributed by atoms with Crippen LogP contribution < -0.4 is 11.1 Å². The first-order chi connectivity index (χ1) is 9.65. The van der Waals surface area contributed by atoms with E-state index in [9.17, 15) is 4.79 Å². The Morgan fingerprint density at radius 2 is 1.90 bits per heavy atom. The van der Waals surface area contributed by atoms with Crippen molar-refractivity contribution in [3.05, 3.63) is 29.8 Å². The average molecular weight is 274 g/mol. The Kier molecular flexibility index (Phi) is 5.45. The number of carbonyl (C=O) groups excluding carboxylic acids is 1. The summed E-state index contributed by atoms with van der Waals surface area (Å²) in [5.74, 6) is 0.837. The highest BCUT2D eigenvalue weighted by Crippen LogP contribution is 2.26. The van der Waals surface area contributed by atoms with Crippen LogP contribution in [0.5, 0.6) is 0 Å². The summed E-state index contributed by atoms with van der Waals surface area (Å²) >= 11 is 0. The summed E-state index contributed by atoms with van der Waals surface area (Å²) in [6, 6.07) is 8.07. The number of hydrogen-bond donors (Lipinski definition) is 2. The summed E-state index contributed by atoms with van der Waals surface area (Å²) in [4.78, 5) is 12.0. The first-order valence-corrected chi connectivity index (χ1v) is 7.79. The minimum Gasteiger partial charge on any atom is -0.399 e. The molecule has 3 heteroatoms. The van der Waals surface area contributed by atoms with Crippen molar-refractivity contribution in [3.63, 3.8) is 0 Å². The molecule has 1 aromatic carbocycles. The van der Waals surface area contributed by atoms with Gasteiger partial charge >= 0.3 is 0 Å². The van der Waals surface area contributed by atoms with Gasteiger partial charge in [0, 0.05) is 18.2 Å². The van der Waals surface area contributed by atoms with E-state index in [1.54, 1.807) is 0 Å². The van der Waals surface area contributed by atoms with E-state index in [1.165, 1.54) is 37.7 Å². The maximum atomic E-state index is 12.0. The van der Waals surface area contributed by atoms with Crippen LogP contribution in [0.2, 0.25) is 0 Å². The molecule has 0 unspecified atom stereocenters. The number of anilines is 1. The van der Waals surface area contributed by atoms with Gasteiger partial charge < -0.3 is 11.1 Å². The highest BCUT2D eigenvalue weighted by molar-refractivity contribution is 5.76. The van der Waals surface area contributed by atoms with Gasteiger partial charge in [-0.1, -0.05) is 31.4 Å². The van der Waals surface area contributed by atoms with Crippen molar-refractivity contribution < 1.29 is 4.79 Å². The van der Waals surface area contributed by atoms with Crippen molar-refractivity contribution in [2.75, 3.05) is 5.73 Å². The van der Waals surface area contributed by atoms with Gasteiger partial charge in [-0.05, 0) is 49.8 Å². The van der Waals surface area contributed by atoms with Crippen LogP contribution in [0.25, 0.3) is 0 Å². The lowest BCUT2D eigenvalue weighted by Gasteiger charge is -2.28. The molecule has 20 heavy (non-hydrogen) atoms. The normalized spacial score (nSPS) is 17.6. The van der Waals surface area contributed by atoms with Crippen LogP contribution in [0, 0.1) is 5.92 Å². The Balaban J connectivity index is 1.73. The molecule has 2 rings (SSSR count). The van der Waals surface area contributed by atoms with E-state index in [0.29, 0.717) is 18.4 Å². The van der Waals surface area contributed by atoms with Crippen molar-refractivity contribution in [1.82, 2.24) is 5.32 Å². The van der Waals surface area contributed by atoms with Crippen LogP contribution >= 0.6 is 0 Å². The maximum absolute atomic E-state index is 12.0. The molecular formula is C17H26N2O. The highest BCUT2D eigenvalue weighted by Gasteiger charge is 2.21. The van der Waals surface area contributed by atoms with Gasteiger partial charge in [0.1, 0.15) is 0 Å². The zero-order valence-corrected chi connectivity index (χ0v) is 12.4. The highest BCUT2D eigenvalue weighted by atomic mass is 16.1. The molecule has 1 atom stereocenters. The fourth-order valence-corrected chi connectivity index (χ4v) is 3.02. The van der Waals surface area contributed by atoms with Crippen LogP contribution in [0.15, 0.2) is 24.3 Å². The fraction of sp³-hybridized carbons (Fsp3) is 0.588. The Bertz CT molecular complexity index is 421. The summed E-state index contributed by atoms with van der Waals surface area (Å²) in [6.07, 6.45) is 7.85. The molecule has 1 aliphatic rings. The topological polar surface area (TPSA) is 55.1 Å². The zero-order chi connectivity index (χ0) is 14.4. The predicted molar refractivity (Wildman–Crippen MR) is 83.4 cm³/mol. The number of benzene rings is 1. The van der Waals surface area contributed by atoms with Crippen molar-refractivity contribution in [2.45, 2.75) is 57.9 Å². The lowest BCUT2D eigenvalue weighted by molar-refractivity contribution is -0.122. The molecule has 0 radical (unpaired) electrons. The van der Waals surface area contributed by atoms with E-state index >= 15 is 0 Å². The van der Waals surface area contributed by atoms with Gasteiger partial charge in [0.25, 0.3) is 0 Å². The van der Waals surface area contributed by atoms with Crippen LogP contribution in [0.1, 0.15) is 51.0 Å². The van der Waals surface area contributed by atoms with Crippen molar-refractivity contribution >= 4 is 11.6 Å². The van der Waals surface area contributed by atoms with E-state index < -0.39 is 0 Å². The first kappa shape index (κ1) is 14.9. The number of nitrogens with one attached hydrogen (secondary N) is 1. The third-order valence-corrected chi connectivity index (χ3v) is 4.37. The van der Waals surface area contributed by atoms with Crippen molar-refractivity contribution in [3.8, 4) is 0 Å². The Labute approximate surface area is 121 Å². The van der Waals surface area contributed by atoms with Gasteiger partial charge in [0.2, 0.25) is 5.91 Å². The third kappa shape index (κ3) is 4.55. The number of amides is 1. The van der Waals surface area contributed by atoms with Gasteiger partial charge in [0.15, 0.2) is 0 Å². The zero-order valence-electron chi connectivity index (χ0n) is 12.4. The van der Waals surface area contributed by atoms with Crippen molar-refractivity contribution in [2.24, 2.45) is 5.92 Å². The molecule has 0 bridgehead atoms. The summed E-state index contributed by atoms with van der Waals surface area (Å²) in [5.41, 5.74) is 7.59. The Morgan fingerprint density at radius 1 is 1.25 bits per heavy atom. The number of carbonyl (C=O) groups is 1. The number of nitrogen functional groups attached to an aromatic ring is 1. The molecule has 1 fully saturated rings. The molecule has 1 aromatic rings. The first-order valence-electron chi connectivity index (χ1n) is 7.79. The lowest BCUT2D eigenvalue weighted by atomic mass is 9.84. The SMILES string of the molecule is C[C@@H](NC(=O)CCc1ccc(N)cc1)C1CCCCC1. The predicted octanol–water partition coefficient (Wildman–Crippen LogP) is 3.29. The summed E-state index contributed by atoms with van der Waals surface area (Å²) < 4.78 is 0. The molecule has 3 N–H and O–H groups in total. The number of hydrogen-bond acceptors (Lipinski definition) is 2. The molecule has 1 saturated carbocycles. The Hall–Kier alpha value is -1.51. The van der Waals surface area contributed by atoms with E-state index in [0.717, 1.165) is 12.1 Å². The van der Waals surface area contributed by atoms with Crippen molar-refractivity contribution in [1.29, 1.82) is 0 Å². The van der Waals surface area contributed by atoms with E-state index in [-0.39, 0.29) is 5.91 Å².